The Labute approximate surface area is 127 Å². The molecular formula is C16H28N2O3. The number of hydrogen-bond acceptors (Lipinski definition) is 5. The number of rotatable bonds is 9. The van der Waals surface area contributed by atoms with Crippen molar-refractivity contribution in [3.8, 4) is 11.5 Å². The van der Waals surface area contributed by atoms with Crippen molar-refractivity contribution in [1.29, 1.82) is 0 Å². The zero-order valence-corrected chi connectivity index (χ0v) is 13.8. The summed E-state index contributed by atoms with van der Waals surface area (Å²) in [5, 5.41) is 13.1. The minimum atomic E-state index is -0.352. The first-order chi connectivity index (χ1) is 9.94. The molecule has 1 aromatic rings. The molecule has 120 valence electrons. The Bertz CT molecular complexity index is 438. The summed E-state index contributed by atoms with van der Waals surface area (Å²) >= 11 is 0. The Morgan fingerprint density at radius 1 is 1.19 bits per heavy atom. The lowest BCUT2D eigenvalue weighted by Crippen LogP contribution is -2.49. The highest BCUT2D eigenvalue weighted by Crippen LogP contribution is 2.28. The Morgan fingerprint density at radius 3 is 2.38 bits per heavy atom. The fourth-order valence-electron chi connectivity index (χ4n) is 2.20. The van der Waals surface area contributed by atoms with Gasteiger partial charge in [0, 0.05) is 18.6 Å². The van der Waals surface area contributed by atoms with Crippen LogP contribution in [-0.4, -0.2) is 63.6 Å². The van der Waals surface area contributed by atoms with Crippen molar-refractivity contribution in [3.63, 3.8) is 0 Å². The van der Waals surface area contributed by atoms with Gasteiger partial charge in [0.15, 0.2) is 11.5 Å². The van der Waals surface area contributed by atoms with E-state index in [1.54, 1.807) is 14.2 Å². The first kappa shape index (κ1) is 17.8. The highest BCUT2D eigenvalue weighted by atomic mass is 16.5. The number of aliphatic hydroxyl groups is 1. The van der Waals surface area contributed by atoms with Crippen LogP contribution in [0.1, 0.15) is 12.5 Å². The quantitative estimate of drug-likeness (QED) is 0.716. The van der Waals surface area contributed by atoms with E-state index >= 15 is 0 Å². The number of likely N-dealkylation sites (N-methyl/N-ethyl adjacent to an activating group) is 1. The van der Waals surface area contributed by atoms with Crippen molar-refractivity contribution in [2.24, 2.45) is 0 Å². The Hall–Kier alpha value is -1.30. The monoisotopic (exact) mass is 296 g/mol. The molecule has 5 nitrogen and oxygen atoms in total. The van der Waals surface area contributed by atoms with Crippen molar-refractivity contribution in [2.45, 2.75) is 18.9 Å². The van der Waals surface area contributed by atoms with Crippen molar-refractivity contribution < 1.29 is 14.6 Å². The van der Waals surface area contributed by atoms with Gasteiger partial charge in [-0.15, -0.1) is 0 Å². The summed E-state index contributed by atoms with van der Waals surface area (Å²) in [5.74, 6) is 1.43. The van der Waals surface area contributed by atoms with E-state index in [9.17, 15) is 5.11 Å². The van der Waals surface area contributed by atoms with E-state index in [4.69, 9.17) is 9.47 Å². The number of hydrogen-bond donors (Lipinski definition) is 2. The van der Waals surface area contributed by atoms with Gasteiger partial charge in [0.25, 0.3) is 0 Å². The zero-order chi connectivity index (χ0) is 15.9. The van der Waals surface area contributed by atoms with E-state index in [-0.39, 0.29) is 12.1 Å². The van der Waals surface area contributed by atoms with Gasteiger partial charge in [-0.3, -0.25) is 0 Å². The minimum Gasteiger partial charge on any atom is -0.493 e. The maximum absolute atomic E-state index is 9.71. The fourth-order valence-corrected chi connectivity index (χ4v) is 2.20. The molecule has 21 heavy (non-hydrogen) atoms. The lowest BCUT2D eigenvalue weighted by atomic mass is 9.93. The van der Waals surface area contributed by atoms with Crippen LogP contribution < -0.4 is 14.8 Å². The molecule has 1 unspecified atom stereocenters. The molecule has 0 amide bonds. The number of nitrogens with one attached hydrogen (secondary N) is 1. The van der Waals surface area contributed by atoms with Gasteiger partial charge in [0.05, 0.1) is 20.8 Å². The normalized spacial score (nSPS) is 14.0. The molecule has 0 aliphatic heterocycles. The van der Waals surface area contributed by atoms with E-state index in [0.29, 0.717) is 11.5 Å². The van der Waals surface area contributed by atoms with Gasteiger partial charge >= 0.3 is 0 Å². The van der Waals surface area contributed by atoms with Crippen LogP contribution in [0.4, 0.5) is 0 Å². The van der Waals surface area contributed by atoms with Gasteiger partial charge in [-0.05, 0) is 45.1 Å². The molecule has 0 aliphatic rings. The van der Waals surface area contributed by atoms with Crippen LogP contribution in [0.25, 0.3) is 0 Å². The lowest BCUT2D eigenvalue weighted by molar-refractivity contribution is 0.170. The third-order valence-electron chi connectivity index (χ3n) is 3.50. The second-order valence-electron chi connectivity index (χ2n) is 5.81. The molecule has 1 rings (SSSR count). The molecule has 0 saturated heterocycles. The maximum Gasteiger partial charge on any atom is 0.160 e. The summed E-state index contributed by atoms with van der Waals surface area (Å²) in [6.45, 7) is 3.87. The number of methoxy groups -OCH3 is 2. The molecule has 0 heterocycles. The molecule has 0 spiro atoms. The van der Waals surface area contributed by atoms with Crippen LogP contribution in [0, 0.1) is 0 Å². The van der Waals surface area contributed by atoms with Crippen LogP contribution in [0.15, 0.2) is 18.2 Å². The van der Waals surface area contributed by atoms with Gasteiger partial charge in [-0.2, -0.15) is 0 Å². The molecule has 0 fully saturated rings. The van der Waals surface area contributed by atoms with Crippen LogP contribution >= 0.6 is 0 Å². The SMILES string of the molecule is COc1ccc(CC(C)(CO)NCCN(C)C)cc1OC. The molecule has 0 bridgehead atoms. The minimum absolute atomic E-state index is 0.0781. The van der Waals surface area contributed by atoms with Gasteiger partial charge in [-0.1, -0.05) is 6.07 Å². The second kappa shape index (κ2) is 8.22. The largest absolute Gasteiger partial charge is 0.493 e. The molecular weight excluding hydrogens is 268 g/mol. The van der Waals surface area contributed by atoms with Crippen molar-refractivity contribution >= 4 is 0 Å². The van der Waals surface area contributed by atoms with Crippen molar-refractivity contribution in [1.82, 2.24) is 10.2 Å². The predicted octanol–water partition coefficient (Wildman–Crippen LogP) is 1.15. The summed E-state index contributed by atoms with van der Waals surface area (Å²) < 4.78 is 10.6. The summed E-state index contributed by atoms with van der Waals surface area (Å²) in [6.07, 6.45) is 0.720. The molecule has 0 saturated carbocycles. The number of ether oxygens (including phenoxy) is 2. The van der Waals surface area contributed by atoms with Crippen LogP contribution in [0.5, 0.6) is 11.5 Å². The zero-order valence-electron chi connectivity index (χ0n) is 13.8. The highest BCUT2D eigenvalue weighted by Gasteiger charge is 2.23. The standard InChI is InChI=1S/C16H28N2O3/c1-16(12-19,17-8-9-18(2)3)11-13-6-7-14(20-4)15(10-13)21-5/h6-7,10,17,19H,8-9,11-12H2,1-5H3. The third kappa shape index (κ3) is 5.53. The highest BCUT2D eigenvalue weighted by molar-refractivity contribution is 5.43. The number of benzene rings is 1. The number of nitrogens with zero attached hydrogens (tertiary/aromatic N) is 1. The van der Waals surface area contributed by atoms with E-state index in [1.165, 1.54) is 0 Å². The Morgan fingerprint density at radius 2 is 1.86 bits per heavy atom. The average Bonchev–Trinajstić information content (AvgIpc) is 2.46. The molecule has 1 aromatic carbocycles. The van der Waals surface area contributed by atoms with Crippen LogP contribution in [0.3, 0.4) is 0 Å². The average molecular weight is 296 g/mol. The number of aliphatic hydroxyl groups excluding tert-OH is 1. The molecule has 1 atom stereocenters. The summed E-state index contributed by atoms with van der Waals surface area (Å²) in [5.41, 5.74) is 0.747. The van der Waals surface area contributed by atoms with E-state index < -0.39 is 0 Å². The summed E-state index contributed by atoms with van der Waals surface area (Å²) in [7, 11) is 7.32. The van der Waals surface area contributed by atoms with Gasteiger partial charge < -0.3 is 24.8 Å². The predicted molar refractivity (Wildman–Crippen MR) is 85.3 cm³/mol. The van der Waals surface area contributed by atoms with Gasteiger partial charge in [0.1, 0.15) is 0 Å². The molecule has 2 N–H and O–H groups in total. The van der Waals surface area contributed by atoms with Crippen molar-refractivity contribution in [3.05, 3.63) is 23.8 Å². The maximum atomic E-state index is 9.71. The van der Waals surface area contributed by atoms with Crippen LogP contribution in [-0.2, 0) is 6.42 Å². The lowest BCUT2D eigenvalue weighted by Gasteiger charge is -2.30. The van der Waals surface area contributed by atoms with Gasteiger partial charge in [0.2, 0.25) is 0 Å². The molecule has 0 aromatic heterocycles. The van der Waals surface area contributed by atoms with Crippen LogP contribution in [0.2, 0.25) is 0 Å². The Kier molecular flexibility index (Phi) is 6.95. The Balaban J connectivity index is 2.75. The fraction of sp³-hybridized carbons (Fsp3) is 0.625. The van der Waals surface area contributed by atoms with Crippen molar-refractivity contribution in [2.75, 3.05) is 48.0 Å². The summed E-state index contributed by atoms with van der Waals surface area (Å²) in [4.78, 5) is 2.11. The molecule has 0 aliphatic carbocycles. The first-order valence-electron chi connectivity index (χ1n) is 7.15. The van der Waals surface area contributed by atoms with Gasteiger partial charge in [-0.25, -0.2) is 0 Å². The van der Waals surface area contributed by atoms with E-state index in [0.717, 1.165) is 25.1 Å². The topological polar surface area (TPSA) is 54.0 Å². The summed E-state index contributed by atoms with van der Waals surface area (Å²) in [6, 6.07) is 5.86. The second-order valence-corrected chi connectivity index (χ2v) is 5.81. The molecule has 5 heteroatoms. The first-order valence-corrected chi connectivity index (χ1v) is 7.15. The third-order valence-corrected chi connectivity index (χ3v) is 3.50. The van der Waals surface area contributed by atoms with E-state index in [2.05, 4.69) is 10.2 Å². The molecule has 0 radical (unpaired) electrons. The smallest absolute Gasteiger partial charge is 0.160 e. The van der Waals surface area contributed by atoms with E-state index in [1.807, 2.05) is 39.2 Å².